The van der Waals surface area contributed by atoms with Crippen molar-refractivity contribution in [2.75, 3.05) is 68.8 Å². The lowest BCUT2D eigenvalue weighted by molar-refractivity contribution is -0.128. The van der Waals surface area contributed by atoms with Gasteiger partial charge in [-0.3, -0.25) is 38.5 Å². The van der Waals surface area contributed by atoms with E-state index in [9.17, 15) is 19.5 Å². The van der Waals surface area contributed by atoms with Crippen molar-refractivity contribution >= 4 is 45.7 Å². The number of carbonyl (C=O) groups is 2. The van der Waals surface area contributed by atoms with Crippen molar-refractivity contribution in [2.24, 2.45) is 13.0 Å². The number of alkyl halides is 2. The third kappa shape index (κ3) is 7.95. The van der Waals surface area contributed by atoms with Crippen LogP contribution in [0.5, 0.6) is 0 Å². The maximum absolute atomic E-state index is 15.6. The number of ether oxygens (including phenoxy) is 1. The van der Waals surface area contributed by atoms with Gasteiger partial charge in [-0.1, -0.05) is 30.5 Å². The number of hydrogen-bond donors (Lipinski definition) is 2. The highest BCUT2D eigenvalue weighted by atomic mass is 19.3. The number of benzene rings is 1. The molecule has 0 bridgehead atoms. The Hall–Kier alpha value is -6.36. The minimum Gasteiger partial charge on any atom is -0.394 e. The molecule has 4 fully saturated rings. The number of rotatable bonds is 11. The number of nitrogens with zero attached hydrogens (tertiary/aromatic N) is 14. The first kappa shape index (κ1) is 44.2. The molecule has 22 heteroatoms. The lowest BCUT2D eigenvalue weighted by Gasteiger charge is -2.50. The van der Waals surface area contributed by atoms with Crippen molar-refractivity contribution < 1.29 is 28.2 Å². The van der Waals surface area contributed by atoms with E-state index < -0.39 is 30.4 Å². The molecule has 9 heterocycles. The van der Waals surface area contributed by atoms with Crippen LogP contribution in [0.15, 0.2) is 66.1 Å². The molecule has 68 heavy (non-hydrogen) atoms. The van der Waals surface area contributed by atoms with Crippen molar-refractivity contribution in [3.05, 3.63) is 71.8 Å². The van der Waals surface area contributed by atoms with Crippen LogP contribution in [0.1, 0.15) is 57.5 Å². The normalized spacial score (nSPS) is 22.5. The summed E-state index contributed by atoms with van der Waals surface area (Å²) < 4.78 is 45.3. The number of fused-ring (bicyclic) bond motifs is 2. The van der Waals surface area contributed by atoms with E-state index in [0.717, 1.165) is 56.2 Å². The van der Waals surface area contributed by atoms with Crippen LogP contribution in [0, 0.1) is 5.92 Å². The number of aromatic nitrogens is 10. The third-order valence-corrected chi connectivity index (χ3v) is 14.7. The SMILES string of the molecule is Cn1c(=O)n(C2=CC(=O)NC(=O)C2)c2cccc(N3CCC(N4CCN([C@@H](C5CCCCC5)n5cc(-n6nncc6-c6c(N7CCO[C@@H](CO)C7)nn7cccnc67)cn5)C(C(F)F)C4)CC3)c21. The van der Waals surface area contributed by atoms with Crippen molar-refractivity contribution in [3.8, 4) is 16.9 Å². The summed E-state index contributed by atoms with van der Waals surface area (Å²) in [6.45, 7) is 3.97. The summed E-state index contributed by atoms with van der Waals surface area (Å²) in [7, 11) is 1.70. The van der Waals surface area contributed by atoms with Gasteiger partial charge in [-0.25, -0.2) is 27.8 Å². The molecule has 5 aromatic heterocycles. The van der Waals surface area contributed by atoms with E-state index in [1.54, 1.807) is 39.4 Å². The van der Waals surface area contributed by atoms with E-state index in [1.807, 2.05) is 46.2 Å². The van der Waals surface area contributed by atoms with Crippen molar-refractivity contribution in [1.29, 1.82) is 0 Å². The molecule has 5 aliphatic rings. The fourth-order valence-electron chi connectivity index (χ4n) is 11.5. The summed E-state index contributed by atoms with van der Waals surface area (Å²) in [6, 6.07) is 6.57. The van der Waals surface area contributed by atoms with Gasteiger partial charge in [0.25, 0.3) is 12.3 Å². The van der Waals surface area contributed by atoms with Gasteiger partial charge in [0.15, 0.2) is 11.5 Å². The van der Waals surface area contributed by atoms with Gasteiger partial charge in [0.1, 0.15) is 17.5 Å². The first-order valence-electron chi connectivity index (χ1n) is 23.7. The molecule has 6 aromatic rings. The lowest BCUT2D eigenvalue weighted by Crippen LogP contribution is -2.61. The maximum Gasteiger partial charge on any atom is 0.333 e. The van der Waals surface area contributed by atoms with E-state index in [4.69, 9.17) is 14.9 Å². The van der Waals surface area contributed by atoms with Gasteiger partial charge < -0.3 is 19.6 Å². The predicted molar refractivity (Wildman–Crippen MR) is 246 cm³/mol. The van der Waals surface area contributed by atoms with E-state index in [1.165, 1.54) is 10.6 Å². The van der Waals surface area contributed by atoms with Crippen molar-refractivity contribution in [2.45, 2.75) is 82.1 Å². The Bertz CT molecular complexity index is 2920. The maximum atomic E-state index is 15.6. The molecular formula is C46H55F2N15O5. The number of aliphatic hydroxyl groups excluding tert-OH is 1. The monoisotopic (exact) mass is 935 g/mol. The Morgan fingerprint density at radius 3 is 2.59 bits per heavy atom. The molecule has 1 unspecified atom stereocenters. The Labute approximate surface area is 389 Å². The number of aliphatic hydroxyl groups is 1. The number of anilines is 2. The van der Waals surface area contributed by atoms with Gasteiger partial charge in [-0.05, 0) is 49.8 Å². The Morgan fingerprint density at radius 2 is 1.79 bits per heavy atom. The number of carbonyl (C=O) groups excluding carboxylic acids is 2. The van der Waals surface area contributed by atoms with Gasteiger partial charge in [-0.15, -0.1) is 10.2 Å². The molecule has 2 amide bonds. The molecule has 0 radical (unpaired) electrons. The van der Waals surface area contributed by atoms with Crippen molar-refractivity contribution in [3.63, 3.8) is 0 Å². The Kier molecular flexibility index (Phi) is 11.9. The van der Waals surface area contributed by atoms with Crippen LogP contribution < -0.4 is 20.8 Å². The van der Waals surface area contributed by atoms with Crippen LogP contribution in [0.3, 0.4) is 0 Å². The fourth-order valence-corrected chi connectivity index (χ4v) is 11.5. The smallest absolute Gasteiger partial charge is 0.333 e. The summed E-state index contributed by atoms with van der Waals surface area (Å²) >= 11 is 0. The quantitative estimate of drug-likeness (QED) is 0.180. The average molecular weight is 936 g/mol. The largest absolute Gasteiger partial charge is 0.394 e. The molecule has 3 saturated heterocycles. The summed E-state index contributed by atoms with van der Waals surface area (Å²) in [4.78, 5) is 51.3. The molecular weight excluding hydrogens is 881 g/mol. The highest BCUT2D eigenvalue weighted by molar-refractivity contribution is 6.10. The molecule has 4 aliphatic heterocycles. The summed E-state index contributed by atoms with van der Waals surface area (Å²) in [5.41, 5.74) is 4.78. The number of piperidine rings is 1. The first-order chi connectivity index (χ1) is 33.1. The number of nitrogens with one attached hydrogen (secondary N) is 1. The lowest BCUT2D eigenvalue weighted by atomic mass is 9.85. The second-order valence-corrected chi connectivity index (χ2v) is 18.6. The van der Waals surface area contributed by atoms with E-state index in [2.05, 4.69) is 35.3 Å². The summed E-state index contributed by atoms with van der Waals surface area (Å²) in [6.07, 6.45) is 13.3. The van der Waals surface area contributed by atoms with Gasteiger partial charge in [0.2, 0.25) is 5.91 Å². The average Bonchev–Trinajstić information content (AvgIpc) is 4.17. The number of imidazole rings is 1. The van der Waals surface area contributed by atoms with Gasteiger partial charge in [-0.2, -0.15) is 5.10 Å². The zero-order chi connectivity index (χ0) is 46.6. The number of hydrogen-bond acceptors (Lipinski definition) is 14. The molecule has 0 spiro atoms. The molecule has 358 valence electrons. The molecule has 3 atom stereocenters. The zero-order valence-corrected chi connectivity index (χ0v) is 37.9. The number of morpholine rings is 1. The molecule has 11 rings (SSSR count). The Morgan fingerprint density at radius 1 is 0.956 bits per heavy atom. The van der Waals surface area contributed by atoms with Crippen molar-refractivity contribution in [1.82, 2.24) is 63.6 Å². The number of piperazine rings is 1. The van der Waals surface area contributed by atoms with E-state index in [0.29, 0.717) is 85.5 Å². The Balaban J connectivity index is 0.836. The first-order valence-corrected chi connectivity index (χ1v) is 23.7. The minimum atomic E-state index is -2.59. The second-order valence-electron chi connectivity index (χ2n) is 18.6. The fraction of sp³-hybridized carbons (Fsp3) is 0.522. The molecule has 20 nitrogen and oxygen atoms in total. The number of para-hydroxylation sites is 1. The third-order valence-electron chi connectivity index (χ3n) is 14.7. The number of halogens is 2. The molecule has 2 N–H and O–H groups in total. The number of imide groups is 1. The van der Waals surface area contributed by atoms with Gasteiger partial charge >= 0.3 is 5.69 Å². The van der Waals surface area contributed by atoms with Crippen LogP contribution >= 0.6 is 0 Å². The second kappa shape index (κ2) is 18.3. The van der Waals surface area contributed by atoms with Gasteiger partial charge in [0.05, 0.1) is 72.7 Å². The van der Waals surface area contributed by atoms with E-state index >= 15 is 8.78 Å². The molecule has 1 saturated carbocycles. The van der Waals surface area contributed by atoms with Gasteiger partial charge in [0, 0.05) is 83.1 Å². The van der Waals surface area contributed by atoms with Crippen LogP contribution in [0.2, 0.25) is 0 Å². The number of aryl methyl sites for hydroxylation is 1. The summed E-state index contributed by atoms with van der Waals surface area (Å²) in [5.74, 6) is -0.227. The minimum absolute atomic E-state index is 0.0880. The van der Waals surface area contributed by atoms with Crippen LogP contribution in [-0.2, 0) is 21.4 Å². The molecule has 1 aromatic carbocycles. The summed E-state index contributed by atoms with van der Waals surface area (Å²) in [5, 5.41) is 30.9. The number of amides is 2. The van der Waals surface area contributed by atoms with E-state index in [-0.39, 0.29) is 43.3 Å². The van der Waals surface area contributed by atoms with Crippen LogP contribution in [0.25, 0.3) is 39.3 Å². The highest BCUT2D eigenvalue weighted by Crippen LogP contribution is 2.40. The standard InChI is InChI=1S/C46H55F2N15O5/c1-55-41-34(9-5-10-35(41)62(46(55)67)31-21-38(65)52-39(66)22-31)56-15-11-30(12-16-56)57-17-18-59(37(27-57)42(47)48)45(29-7-3-2-4-8-29)61-25-32(23-51-61)63-36(24-50-54-63)40-43-49-13-6-14-60(43)53-44(40)58-19-20-68-33(26-58)28-64/h5-6,9-10,13-14,21,23-25,29-30,33,37,42,45,64H,2-4,7-8,11-12,15-20,22,26-28H2,1H3,(H,52,65,66)/t33-,37?,45-/m1/s1. The van der Waals surface area contributed by atoms with Crippen LogP contribution in [0.4, 0.5) is 20.3 Å². The predicted octanol–water partition coefficient (Wildman–Crippen LogP) is 2.91. The van der Waals surface area contributed by atoms with Crippen LogP contribution in [-0.4, -0.2) is 159 Å². The molecule has 1 aliphatic carbocycles. The highest BCUT2D eigenvalue weighted by Gasteiger charge is 2.44. The zero-order valence-electron chi connectivity index (χ0n) is 37.9. The topological polar surface area (TPSA) is 194 Å².